The molecule has 1 aromatic rings. The van der Waals surface area contributed by atoms with Crippen molar-refractivity contribution in [3.05, 3.63) is 29.8 Å². The summed E-state index contributed by atoms with van der Waals surface area (Å²) in [5, 5.41) is 12.2. The smallest absolute Gasteiger partial charge is 0.313 e. The number of carboxylic acids is 1. The van der Waals surface area contributed by atoms with Gasteiger partial charge >= 0.3 is 5.97 Å². The molecule has 2 amide bonds. The molecule has 7 heteroatoms. The fourth-order valence-electron chi connectivity index (χ4n) is 2.84. The Morgan fingerprint density at radius 3 is 2.75 bits per heavy atom. The third kappa shape index (κ3) is 3.73. The number of likely N-dealkylation sites (tertiary alicyclic amines) is 1. The Morgan fingerprint density at radius 1 is 1.38 bits per heavy atom. The molecular formula is C17H22N2O5. The van der Waals surface area contributed by atoms with Crippen LogP contribution in [0.4, 0.5) is 5.69 Å². The van der Waals surface area contributed by atoms with Crippen LogP contribution < -0.4 is 5.32 Å². The van der Waals surface area contributed by atoms with Gasteiger partial charge in [0.25, 0.3) is 5.91 Å². The largest absolute Gasteiger partial charge is 0.481 e. The van der Waals surface area contributed by atoms with Crippen LogP contribution in [-0.2, 0) is 14.3 Å². The molecule has 0 bridgehead atoms. The molecule has 1 aliphatic rings. The number of amides is 2. The summed E-state index contributed by atoms with van der Waals surface area (Å²) in [6.07, 6.45) is 0.705. The third-order valence-electron chi connectivity index (χ3n) is 4.23. The molecule has 1 aromatic carbocycles. The summed E-state index contributed by atoms with van der Waals surface area (Å²) in [5.41, 5.74) is -0.0888. The SMILES string of the molecule is CCC(=O)Nc1cccc(C(=O)N2CCC(COC)(C(=O)O)C2)c1. The lowest BCUT2D eigenvalue weighted by atomic mass is 9.88. The number of rotatable bonds is 6. The van der Waals surface area contributed by atoms with Gasteiger partial charge in [0.2, 0.25) is 5.91 Å². The van der Waals surface area contributed by atoms with Gasteiger partial charge in [-0.15, -0.1) is 0 Å². The molecule has 7 nitrogen and oxygen atoms in total. The van der Waals surface area contributed by atoms with Crippen LogP contribution in [-0.4, -0.2) is 54.6 Å². The topological polar surface area (TPSA) is 95.9 Å². The second-order valence-electron chi connectivity index (χ2n) is 5.98. The predicted molar refractivity (Wildman–Crippen MR) is 87.8 cm³/mol. The minimum absolute atomic E-state index is 0.0682. The van der Waals surface area contributed by atoms with E-state index in [1.54, 1.807) is 31.2 Å². The van der Waals surface area contributed by atoms with Gasteiger partial charge in [-0.1, -0.05) is 13.0 Å². The molecule has 2 N–H and O–H groups in total. The number of methoxy groups -OCH3 is 1. The van der Waals surface area contributed by atoms with Gasteiger partial charge in [-0.05, 0) is 24.6 Å². The van der Waals surface area contributed by atoms with E-state index in [1.165, 1.54) is 12.0 Å². The first-order chi connectivity index (χ1) is 11.4. The summed E-state index contributed by atoms with van der Waals surface area (Å²) in [5.74, 6) is -1.34. The number of hydrogen-bond donors (Lipinski definition) is 2. The summed E-state index contributed by atoms with van der Waals surface area (Å²) in [6, 6.07) is 6.66. The van der Waals surface area contributed by atoms with Gasteiger partial charge in [0, 0.05) is 37.9 Å². The summed E-state index contributed by atoms with van der Waals surface area (Å²) in [4.78, 5) is 37.2. The second kappa shape index (κ2) is 7.44. The molecule has 1 aliphatic heterocycles. The van der Waals surface area contributed by atoms with E-state index in [0.29, 0.717) is 30.6 Å². The van der Waals surface area contributed by atoms with Crippen LogP contribution in [0.5, 0.6) is 0 Å². The number of ether oxygens (including phenoxy) is 1. The number of benzene rings is 1. The highest BCUT2D eigenvalue weighted by atomic mass is 16.5. The van der Waals surface area contributed by atoms with E-state index in [1.807, 2.05) is 0 Å². The zero-order valence-corrected chi connectivity index (χ0v) is 13.9. The minimum atomic E-state index is -1.06. The number of aliphatic carboxylic acids is 1. The maximum atomic E-state index is 12.6. The van der Waals surface area contributed by atoms with Crippen LogP contribution in [0.2, 0.25) is 0 Å². The third-order valence-corrected chi connectivity index (χ3v) is 4.23. The van der Waals surface area contributed by atoms with Crippen molar-refractivity contribution >= 4 is 23.5 Å². The molecule has 0 saturated carbocycles. The van der Waals surface area contributed by atoms with Gasteiger partial charge in [-0.25, -0.2) is 0 Å². The molecule has 2 rings (SSSR count). The Bertz CT molecular complexity index is 646. The Morgan fingerprint density at radius 2 is 2.12 bits per heavy atom. The number of carbonyl (C=O) groups is 3. The molecule has 1 fully saturated rings. The van der Waals surface area contributed by atoms with Crippen LogP contribution in [0.1, 0.15) is 30.1 Å². The fraction of sp³-hybridized carbons (Fsp3) is 0.471. The minimum Gasteiger partial charge on any atom is -0.481 e. The quantitative estimate of drug-likeness (QED) is 0.824. The Kier molecular flexibility index (Phi) is 5.56. The Balaban J connectivity index is 2.14. The summed E-state index contributed by atoms with van der Waals surface area (Å²) in [6.45, 7) is 2.29. The highest BCUT2D eigenvalue weighted by molar-refractivity contribution is 5.97. The lowest BCUT2D eigenvalue weighted by Gasteiger charge is -2.24. The second-order valence-corrected chi connectivity index (χ2v) is 5.98. The van der Waals surface area contributed by atoms with E-state index in [2.05, 4.69) is 5.32 Å². The van der Waals surface area contributed by atoms with Crippen molar-refractivity contribution in [3.8, 4) is 0 Å². The van der Waals surface area contributed by atoms with E-state index >= 15 is 0 Å². The highest BCUT2D eigenvalue weighted by Gasteiger charge is 2.46. The summed E-state index contributed by atoms with van der Waals surface area (Å²) >= 11 is 0. The first kappa shape index (κ1) is 17.9. The fourth-order valence-corrected chi connectivity index (χ4v) is 2.84. The normalized spacial score (nSPS) is 20.0. The van der Waals surface area contributed by atoms with Gasteiger partial charge in [0.05, 0.1) is 6.61 Å². The van der Waals surface area contributed by atoms with Gasteiger partial charge in [0.15, 0.2) is 0 Å². The van der Waals surface area contributed by atoms with E-state index in [0.717, 1.165) is 0 Å². The van der Waals surface area contributed by atoms with Crippen LogP contribution in [0.25, 0.3) is 0 Å². The van der Waals surface area contributed by atoms with Gasteiger partial charge in [-0.2, -0.15) is 0 Å². The zero-order valence-electron chi connectivity index (χ0n) is 13.9. The van der Waals surface area contributed by atoms with E-state index in [-0.39, 0.29) is 25.0 Å². The lowest BCUT2D eigenvalue weighted by molar-refractivity contribution is -0.151. The van der Waals surface area contributed by atoms with Crippen molar-refractivity contribution in [2.24, 2.45) is 5.41 Å². The predicted octanol–water partition coefficient (Wildman–Crippen LogP) is 1.60. The van der Waals surface area contributed by atoms with Crippen LogP contribution in [0.3, 0.4) is 0 Å². The molecule has 0 aromatic heterocycles. The first-order valence-electron chi connectivity index (χ1n) is 7.83. The standard InChI is InChI=1S/C17H22N2O5/c1-3-14(20)18-13-6-4-5-12(9-13)15(21)19-8-7-17(10-19,11-24-2)16(22)23/h4-6,9H,3,7-8,10-11H2,1-2H3,(H,18,20)(H,22,23). The van der Waals surface area contributed by atoms with E-state index in [4.69, 9.17) is 4.74 Å². The number of carboxylic acid groups (broad SMARTS) is 1. The number of hydrogen-bond acceptors (Lipinski definition) is 4. The van der Waals surface area contributed by atoms with Gasteiger partial charge in [-0.3, -0.25) is 14.4 Å². The average Bonchev–Trinajstić information content (AvgIpc) is 3.00. The van der Waals surface area contributed by atoms with Crippen molar-refractivity contribution in [3.63, 3.8) is 0 Å². The van der Waals surface area contributed by atoms with E-state index < -0.39 is 11.4 Å². The zero-order chi connectivity index (χ0) is 17.7. The van der Waals surface area contributed by atoms with Crippen LogP contribution in [0.15, 0.2) is 24.3 Å². The molecule has 0 spiro atoms. The number of anilines is 1. The van der Waals surface area contributed by atoms with Gasteiger partial charge < -0.3 is 20.1 Å². The summed E-state index contributed by atoms with van der Waals surface area (Å²) in [7, 11) is 1.45. The van der Waals surface area contributed by atoms with Crippen molar-refractivity contribution < 1.29 is 24.2 Å². The van der Waals surface area contributed by atoms with Crippen molar-refractivity contribution in [1.82, 2.24) is 4.90 Å². The van der Waals surface area contributed by atoms with Crippen LogP contribution >= 0.6 is 0 Å². The molecule has 130 valence electrons. The lowest BCUT2D eigenvalue weighted by Crippen LogP contribution is -2.40. The Labute approximate surface area is 140 Å². The van der Waals surface area contributed by atoms with E-state index in [9.17, 15) is 19.5 Å². The van der Waals surface area contributed by atoms with Gasteiger partial charge in [0.1, 0.15) is 5.41 Å². The maximum Gasteiger partial charge on any atom is 0.313 e. The maximum absolute atomic E-state index is 12.6. The molecule has 1 heterocycles. The molecule has 1 atom stereocenters. The molecular weight excluding hydrogens is 312 g/mol. The monoisotopic (exact) mass is 334 g/mol. The molecule has 0 radical (unpaired) electrons. The van der Waals surface area contributed by atoms with Crippen molar-refractivity contribution in [2.75, 3.05) is 32.1 Å². The molecule has 0 aliphatic carbocycles. The molecule has 1 unspecified atom stereocenters. The first-order valence-corrected chi connectivity index (χ1v) is 7.83. The van der Waals surface area contributed by atoms with Crippen molar-refractivity contribution in [2.45, 2.75) is 19.8 Å². The van der Waals surface area contributed by atoms with Crippen LogP contribution in [0, 0.1) is 5.41 Å². The highest BCUT2D eigenvalue weighted by Crippen LogP contribution is 2.32. The number of nitrogens with one attached hydrogen (secondary N) is 1. The summed E-state index contributed by atoms with van der Waals surface area (Å²) < 4.78 is 5.03. The van der Waals surface area contributed by atoms with Crippen molar-refractivity contribution in [1.29, 1.82) is 0 Å². The number of carbonyl (C=O) groups excluding carboxylic acids is 2. The molecule has 24 heavy (non-hydrogen) atoms. The average molecular weight is 334 g/mol. The number of nitrogens with zero attached hydrogens (tertiary/aromatic N) is 1. The Hall–Kier alpha value is -2.41. The molecule has 1 saturated heterocycles.